The minimum atomic E-state index is -2.56. The van der Waals surface area contributed by atoms with Crippen molar-refractivity contribution < 1.29 is 13.2 Å². The minimum absolute atomic E-state index is 0.0720. The third kappa shape index (κ3) is 3.28. The second-order valence-electron chi connectivity index (χ2n) is 4.47. The fourth-order valence-electron chi connectivity index (χ4n) is 2.10. The Bertz CT molecular complexity index is 409. The molecule has 0 saturated heterocycles. The Balaban J connectivity index is 1.92. The van der Waals surface area contributed by atoms with E-state index in [4.69, 9.17) is 11.6 Å². The van der Waals surface area contributed by atoms with Crippen molar-refractivity contribution in [3.05, 3.63) is 29.0 Å². The molecule has 17 heavy (non-hydrogen) atoms. The largest absolute Gasteiger partial charge is 0.382 e. The number of halogens is 4. The lowest BCUT2D eigenvalue weighted by Gasteiger charge is -2.13. The number of benzene rings is 1. The zero-order chi connectivity index (χ0) is 12.5. The summed E-state index contributed by atoms with van der Waals surface area (Å²) >= 11 is 5.73. The van der Waals surface area contributed by atoms with Crippen LogP contribution in [0.2, 0.25) is 5.02 Å². The molecule has 1 nitrogen and oxygen atoms in total. The maximum atomic E-state index is 13.3. The lowest BCUT2D eigenvalue weighted by atomic mass is 10.1. The molecule has 0 amide bonds. The number of hydrogen-bond donors (Lipinski definition) is 1. The van der Waals surface area contributed by atoms with Crippen LogP contribution in [0.4, 0.5) is 18.9 Å². The Hall–Kier alpha value is -0.900. The van der Waals surface area contributed by atoms with Gasteiger partial charge >= 0.3 is 0 Å². The number of hydrogen-bond acceptors (Lipinski definition) is 1. The third-order valence-electron chi connectivity index (χ3n) is 3.02. The van der Waals surface area contributed by atoms with E-state index in [9.17, 15) is 13.2 Å². The summed E-state index contributed by atoms with van der Waals surface area (Å²) in [6.45, 7) is 0.354. The highest BCUT2D eigenvalue weighted by atomic mass is 35.5. The Morgan fingerprint density at radius 2 is 2.18 bits per heavy atom. The molecule has 1 aliphatic rings. The predicted molar refractivity (Wildman–Crippen MR) is 62.2 cm³/mol. The van der Waals surface area contributed by atoms with E-state index in [2.05, 4.69) is 5.32 Å². The van der Waals surface area contributed by atoms with Gasteiger partial charge in [-0.2, -0.15) is 0 Å². The molecule has 0 heterocycles. The summed E-state index contributed by atoms with van der Waals surface area (Å²) in [5, 5.41) is 3.26. The summed E-state index contributed by atoms with van der Waals surface area (Å²) in [6, 6.07) is 4.17. The van der Waals surface area contributed by atoms with Gasteiger partial charge in [-0.3, -0.25) is 0 Å². The van der Waals surface area contributed by atoms with E-state index in [0.29, 0.717) is 18.0 Å². The first-order chi connectivity index (χ1) is 7.96. The first kappa shape index (κ1) is 12.6. The van der Waals surface area contributed by atoms with Crippen LogP contribution in [0.5, 0.6) is 0 Å². The highest BCUT2D eigenvalue weighted by molar-refractivity contribution is 6.30. The van der Waals surface area contributed by atoms with Crippen LogP contribution >= 0.6 is 11.6 Å². The van der Waals surface area contributed by atoms with Crippen molar-refractivity contribution in [2.75, 3.05) is 11.9 Å². The maximum Gasteiger partial charge on any atom is 0.248 e. The Morgan fingerprint density at radius 3 is 2.82 bits per heavy atom. The summed E-state index contributed by atoms with van der Waals surface area (Å²) in [5.74, 6) is -3.08. The maximum absolute atomic E-state index is 13.3. The molecular weight excluding hydrogens is 251 g/mol. The van der Waals surface area contributed by atoms with Gasteiger partial charge in [0.05, 0.1) is 5.69 Å². The van der Waals surface area contributed by atoms with Crippen molar-refractivity contribution in [3.8, 4) is 0 Å². The fourth-order valence-corrected chi connectivity index (χ4v) is 2.28. The fraction of sp³-hybridized carbons (Fsp3) is 0.500. The van der Waals surface area contributed by atoms with Crippen LogP contribution in [0.3, 0.4) is 0 Å². The van der Waals surface area contributed by atoms with Gasteiger partial charge in [0.1, 0.15) is 5.82 Å². The summed E-state index contributed by atoms with van der Waals surface area (Å²) in [5.41, 5.74) is 0.271. The Labute approximate surface area is 103 Å². The molecular formula is C12H13ClF3N. The van der Waals surface area contributed by atoms with Gasteiger partial charge in [-0.25, -0.2) is 13.2 Å². The van der Waals surface area contributed by atoms with Gasteiger partial charge in [-0.1, -0.05) is 11.6 Å². The molecule has 0 spiro atoms. The molecule has 0 radical (unpaired) electrons. The standard InChI is InChI=1S/C12H13ClF3N/c13-9-1-2-10(14)11(5-9)17-7-8-3-4-12(15,16)6-8/h1-2,5,8,17H,3-4,6-7H2. The Kier molecular flexibility index (Phi) is 3.52. The SMILES string of the molecule is Fc1ccc(Cl)cc1NCC1CCC(F)(F)C1. The monoisotopic (exact) mass is 263 g/mol. The predicted octanol–water partition coefficient (Wildman–Crippen LogP) is 4.33. The molecule has 1 fully saturated rings. The third-order valence-corrected chi connectivity index (χ3v) is 3.25. The van der Waals surface area contributed by atoms with E-state index in [1.807, 2.05) is 0 Å². The summed E-state index contributed by atoms with van der Waals surface area (Å²) < 4.78 is 39.2. The summed E-state index contributed by atoms with van der Waals surface area (Å²) in [6.07, 6.45) is 0.280. The second kappa shape index (κ2) is 4.77. The topological polar surface area (TPSA) is 12.0 Å². The molecule has 0 aliphatic heterocycles. The van der Waals surface area contributed by atoms with Gasteiger partial charge in [0, 0.05) is 24.4 Å². The van der Waals surface area contributed by atoms with Gasteiger partial charge in [0.2, 0.25) is 5.92 Å². The van der Waals surface area contributed by atoms with E-state index in [0.717, 1.165) is 0 Å². The van der Waals surface area contributed by atoms with Crippen molar-refractivity contribution in [1.29, 1.82) is 0 Å². The smallest absolute Gasteiger partial charge is 0.248 e. The molecule has 1 saturated carbocycles. The van der Waals surface area contributed by atoms with Crippen molar-refractivity contribution in [2.24, 2.45) is 5.92 Å². The van der Waals surface area contributed by atoms with E-state index in [-0.39, 0.29) is 24.4 Å². The molecule has 1 N–H and O–H groups in total. The molecule has 2 rings (SSSR count). The number of anilines is 1. The quantitative estimate of drug-likeness (QED) is 0.856. The highest BCUT2D eigenvalue weighted by Crippen LogP contribution is 2.38. The second-order valence-corrected chi connectivity index (χ2v) is 4.91. The van der Waals surface area contributed by atoms with Crippen LogP contribution < -0.4 is 5.32 Å². The lowest BCUT2D eigenvalue weighted by Crippen LogP contribution is -2.15. The normalized spacial score (nSPS) is 22.7. The van der Waals surface area contributed by atoms with Crippen LogP contribution in [0, 0.1) is 11.7 Å². The molecule has 1 aromatic rings. The molecule has 1 atom stereocenters. The van der Waals surface area contributed by atoms with E-state index < -0.39 is 11.7 Å². The summed E-state index contributed by atoms with van der Waals surface area (Å²) in [4.78, 5) is 0. The van der Waals surface area contributed by atoms with Crippen molar-refractivity contribution in [1.82, 2.24) is 0 Å². The van der Waals surface area contributed by atoms with Crippen LogP contribution in [-0.4, -0.2) is 12.5 Å². The molecule has 1 aromatic carbocycles. The van der Waals surface area contributed by atoms with E-state index in [1.165, 1.54) is 18.2 Å². The van der Waals surface area contributed by atoms with Crippen LogP contribution in [0.25, 0.3) is 0 Å². The number of nitrogens with one attached hydrogen (secondary N) is 1. The van der Waals surface area contributed by atoms with Crippen molar-refractivity contribution in [3.63, 3.8) is 0 Å². The van der Waals surface area contributed by atoms with Gasteiger partial charge < -0.3 is 5.32 Å². The first-order valence-corrected chi connectivity index (χ1v) is 5.91. The van der Waals surface area contributed by atoms with Crippen molar-refractivity contribution in [2.45, 2.75) is 25.2 Å². The van der Waals surface area contributed by atoms with Crippen LogP contribution in [0.1, 0.15) is 19.3 Å². The van der Waals surface area contributed by atoms with Crippen LogP contribution in [0.15, 0.2) is 18.2 Å². The molecule has 94 valence electrons. The number of rotatable bonds is 3. The average molecular weight is 264 g/mol. The zero-order valence-corrected chi connectivity index (χ0v) is 9.91. The van der Waals surface area contributed by atoms with Gasteiger partial charge in [0.25, 0.3) is 0 Å². The van der Waals surface area contributed by atoms with Crippen molar-refractivity contribution >= 4 is 17.3 Å². The Morgan fingerprint density at radius 1 is 1.41 bits per heavy atom. The first-order valence-electron chi connectivity index (χ1n) is 5.53. The number of alkyl halides is 2. The molecule has 0 bridgehead atoms. The lowest BCUT2D eigenvalue weighted by molar-refractivity contribution is 0.00556. The molecule has 5 heteroatoms. The van der Waals surface area contributed by atoms with Gasteiger partial charge in [0.15, 0.2) is 0 Å². The summed E-state index contributed by atoms with van der Waals surface area (Å²) in [7, 11) is 0. The molecule has 1 aliphatic carbocycles. The highest BCUT2D eigenvalue weighted by Gasteiger charge is 2.39. The molecule has 1 unspecified atom stereocenters. The molecule has 0 aromatic heterocycles. The van der Waals surface area contributed by atoms with Gasteiger partial charge in [-0.15, -0.1) is 0 Å². The van der Waals surface area contributed by atoms with Crippen LogP contribution in [-0.2, 0) is 0 Å². The van der Waals surface area contributed by atoms with E-state index >= 15 is 0 Å². The van der Waals surface area contributed by atoms with Gasteiger partial charge in [-0.05, 0) is 30.5 Å². The average Bonchev–Trinajstić information content (AvgIpc) is 2.60. The zero-order valence-electron chi connectivity index (χ0n) is 9.15. The minimum Gasteiger partial charge on any atom is -0.382 e. The van der Waals surface area contributed by atoms with E-state index in [1.54, 1.807) is 0 Å².